The van der Waals surface area contributed by atoms with Crippen molar-refractivity contribution in [1.29, 1.82) is 0 Å². The number of H-pyrrole nitrogens is 1. The molecule has 1 saturated heterocycles. The zero-order valence-electron chi connectivity index (χ0n) is 16.9. The number of hydrogen-bond donors (Lipinski definition) is 1. The molecular weight excluding hydrogens is 386 g/mol. The predicted molar refractivity (Wildman–Crippen MR) is 114 cm³/mol. The fourth-order valence-electron chi connectivity index (χ4n) is 4.70. The molecule has 1 aliphatic carbocycles. The van der Waals surface area contributed by atoms with Crippen LogP contribution in [0.1, 0.15) is 60.0 Å². The molecule has 0 aromatic carbocycles. The van der Waals surface area contributed by atoms with Crippen molar-refractivity contribution in [3.8, 4) is 0 Å². The van der Waals surface area contributed by atoms with Crippen molar-refractivity contribution in [3.05, 3.63) is 38.5 Å². The van der Waals surface area contributed by atoms with Gasteiger partial charge in [0.05, 0.1) is 24.5 Å². The van der Waals surface area contributed by atoms with Crippen LogP contribution < -0.4 is 10.5 Å². The lowest BCUT2D eigenvalue weighted by molar-refractivity contribution is 0.122. The number of nitrogens with one attached hydrogen (secondary N) is 1. The molecule has 2 aromatic heterocycles. The zero-order valence-corrected chi connectivity index (χ0v) is 17.7. The van der Waals surface area contributed by atoms with Crippen LogP contribution in [0.15, 0.2) is 11.0 Å². The van der Waals surface area contributed by atoms with Gasteiger partial charge in [0.15, 0.2) is 5.13 Å². The van der Waals surface area contributed by atoms with E-state index in [1.54, 1.807) is 11.3 Å². The zero-order chi connectivity index (χ0) is 19.6. The lowest BCUT2D eigenvalue weighted by atomic mass is 9.88. The van der Waals surface area contributed by atoms with Crippen LogP contribution in [0.5, 0.6) is 0 Å². The first kappa shape index (κ1) is 19.2. The Labute approximate surface area is 175 Å². The summed E-state index contributed by atoms with van der Waals surface area (Å²) in [6, 6.07) is 0. The third-order valence-corrected chi connectivity index (χ3v) is 7.40. The van der Waals surface area contributed by atoms with E-state index in [-0.39, 0.29) is 5.56 Å². The van der Waals surface area contributed by atoms with Crippen LogP contribution in [0, 0.1) is 0 Å². The highest BCUT2D eigenvalue weighted by Gasteiger charge is 2.25. The average molecular weight is 416 g/mol. The van der Waals surface area contributed by atoms with Gasteiger partial charge in [-0.15, -0.1) is 11.3 Å². The molecule has 0 spiro atoms. The van der Waals surface area contributed by atoms with Gasteiger partial charge in [-0.25, -0.2) is 9.97 Å². The largest absolute Gasteiger partial charge is 0.378 e. The number of aromatic amines is 1. The molecule has 2 aromatic rings. The van der Waals surface area contributed by atoms with E-state index in [0.717, 1.165) is 80.9 Å². The van der Waals surface area contributed by atoms with E-state index in [9.17, 15) is 4.79 Å². The van der Waals surface area contributed by atoms with Gasteiger partial charge in [-0.05, 0) is 12.8 Å². The standard InChI is InChI=1S/C21H29N5O2S/c27-20-17-14-25(13-16-12-22-21(29-16)26-8-10-28-11-9-26)7-6-18(17)23-19(24-20)15-4-2-1-3-5-15/h12,15H,1-11,13-14H2,(H,23,24,27). The van der Waals surface area contributed by atoms with Crippen molar-refractivity contribution >= 4 is 16.5 Å². The summed E-state index contributed by atoms with van der Waals surface area (Å²) in [7, 11) is 0. The topological polar surface area (TPSA) is 74.4 Å². The first-order valence-corrected chi connectivity index (χ1v) is 11.7. The summed E-state index contributed by atoms with van der Waals surface area (Å²) < 4.78 is 5.43. The van der Waals surface area contributed by atoms with Gasteiger partial charge in [0, 0.05) is 56.1 Å². The highest BCUT2D eigenvalue weighted by Crippen LogP contribution is 2.31. The Morgan fingerprint density at radius 3 is 2.83 bits per heavy atom. The second-order valence-corrected chi connectivity index (χ2v) is 9.47. The maximum Gasteiger partial charge on any atom is 0.255 e. The van der Waals surface area contributed by atoms with Crippen molar-refractivity contribution in [1.82, 2.24) is 19.9 Å². The molecule has 0 radical (unpaired) electrons. The van der Waals surface area contributed by atoms with E-state index in [2.05, 4.69) is 19.8 Å². The van der Waals surface area contributed by atoms with E-state index in [1.165, 1.54) is 24.1 Å². The number of anilines is 1. The molecule has 0 atom stereocenters. The Kier molecular flexibility index (Phi) is 5.65. The quantitative estimate of drug-likeness (QED) is 0.828. The fourth-order valence-corrected chi connectivity index (χ4v) is 5.70. The number of ether oxygens (including phenoxy) is 1. The molecule has 2 aliphatic heterocycles. The highest BCUT2D eigenvalue weighted by molar-refractivity contribution is 7.15. The molecule has 1 N–H and O–H groups in total. The maximum absolute atomic E-state index is 12.8. The first-order valence-electron chi connectivity index (χ1n) is 10.9. The third kappa shape index (κ3) is 4.25. The lowest BCUT2D eigenvalue weighted by Gasteiger charge is -2.28. The Morgan fingerprint density at radius 1 is 1.17 bits per heavy atom. The second-order valence-electron chi connectivity index (χ2n) is 8.38. The van der Waals surface area contributed by atoms with Crippen molar-refractivity contribution < 1.29 is 4.74 Å². The van der Waals surface area contributed by atoms with Gasteiger partial charge in [0.2, 0.25) is 0 Å². The van der Waals surface area contributed by atoms with Crippen LogP contribution in [-0.2, 0) is 24.2 Å². The maximum atomic E-state index is 12.8. The second kappa shape index (κ2) is 8.53. The van der Waals surface area contributed by atoms with E-state index >= 15 is 0 Å². The molecule has 5 rings (SSSR count). The van der Waals surface area contributed by atoms with E-state index < -0.39 is 0 Å². The molecule has 4 heterocycles. The molecular formula is C21H29N5O2S. The third-order valence-electron chi connectivity index (χ3n) is 6.36. The number of aromatic nitrogens is 3. The highest BCUT2D eigenvalue weighted by atomic mass is 32.1. The number of thiazole rings is 1. The van der Waals surface area contributed by atoms with Crippen molar-refractivity contribution in [2.24, 2.45) is 0 Å². The van der Waals surface area contributed by atoms with Gasteiger partial charge in [-0.1, -0.05) is 19.3 Å². The van der Waals surface area contributed by atoms with Crippen LogP contribution in [-0.4, -0.2) is 52.7 Å². The Morgan fingerprint density at radius 2 is 2.00 bits per heavy atom. The van der Waals surface area contributed by atoms with Gasteiger partial charge >= 0.3 is 0 Å². The van der Waals surface area contributed by atoms with Gasteiger partial charge in [-0.3, -0.25) is 9.69 Å². The molecule has 0 amide bonds. The van der Waals surface area contributed by atoms with Crippen LogP contribution in [0.3, 0.4) is 0 Å². The van der Waals surface area contributed by atoms with E-state index in [1.807, 2.05) is 6.20 Å². The SMILES string of the molecule is O=c1[nH]c(C2CCCCC2)nc2c1CN(Cc1cnc(N3CCOCC3)s1)CC2. The predicted octanol–water partition coefficient (Wildman–Crippen LogP) is 2.67. The fraction of sp³-hybridized carbons (Fsp3) is 0.667. The van der Waals surface area contributed by atoms with E-state index in [4.69, 9.17) is 9.72 Å². The van der Waals surface area contributed by atoms with Gasteiger partial charge in [-0.2, -0.15) is 0 Å². The molecule has 7 nitrogen and oxygen atoms in total. The number of nitrogens with zero attached hydrogens (tertiary/aromatic N) is 4. The van der Waals surface area contributed by atoms with Gasteiger partial charge in [0.25, 0.3) is 5.56 Å². The van der Waals surface area contributed by atoms with Crippen molar-refractivity contribution in [2.45, 2.75) is 57.5 Å². The number of rotatable bonds is 4. The van der Waals surface area contributed by atoms with Crippen LogP contribution in [0.25, 0.3) is 0 Å². The van der Waals surface area contributed by atoms with Crippen LogP contribution in [0.2, 0.25) is 0 Å². The molecule has 29 heavy (non-hydrogen) atoms. The Hall–Kier alpha value is -1.77. The lowest BCUT2D eigenvalue weighted by Crippen LogP contribution is -2.36. The first-order chi connectivity index (χ1) is 14.3. The summed E-state index contributed by atoms with van der Waals surface area (Å²) in [4.78, 5) is 31.3. The minimum absolute atomic E-state index is 0.0681. The van der Waals surface area contributed by atoms with E-state index in [0.29, 0.717) is 12.5 Å². The number of morpholine rings is 1. The molecule has 0 unspecified atom stereocenters. The summed E-state index contributed by atoms with van der Waals surface area (Å²) in [6.07, 6.45) is 8.97. The molecule has 2 fully saturated rings. The Balaban J connectivity index is 1.26. The summed E-state index contributed by atoms with van der Waals surface area (Å²) in [5, 5.41) is 1.08. The molecule has 0 bridgehead atoms. The minimum atomic E-state index is 0.0681. The normalized spacial score (nSPS) is 21.3. The van der Waals surface area contributed by atoms with Crippen LogP contribution in [0.4, 0.5) is 5.13 Å². The molecule has 156 valence electrons. The van der Waals surface area contributed by atoms with Crippen molar-refractivity contribution in [2.75, 3.05) is 37.7 Å². The smallest absolute Gasteiger partial charge is 0.255 e. The molecule has 1 saturated carbocycles. The minimum Gasteiger partial charge on any atom is -0.378 e. The summed E-state index contributed by atoms with van der Waals surface area (Å²) in [5.41, 5.74) is 1.94. The molecule has 8 heteroatoms. The van der Waals surface area contributed by atoms with Gasteiger partial charge in [0.1, 0.15) is 5.82 Å². The van der Waals surface area contributed by atoms with Crippen LogP contribution >= 0.6 is 11.3 Å². The number of hydrogen-bond acceptors (Lipinski definition) is 7. The Bertz CT molecular complexity index is 899. The van der Waals surface area contributed by atoms with Crippen molar-refractivity contribution in [3.63, 3.8) is 0 Å². The molecule has 3 aliphatic rings. The van der Waals surface area contributed by atoms with Gasteiger partial charge < -0.3 is 14.6 Å². The summed E-state index contributed by atoms with van der Waals surface area (Å²) >= 11 is 1.76. The monoisotopic (exact) mass is 415 g/mol. The number of fused-ring (bicyclic) bond motifs is 1. The summed E-state index contributed by atoms with van der Waals surface area (Å²) in [6.45, 7) is 5.83. The average Bonchev–Trinajstić information content (AvgIpc) is 3.24. The summed E-state index contributed by atoms with van der Waals surface area (Å²) in [5.74, 6) is 1.37.